The molecule has 3 fully saturated rings. The van der Waals surface area contributed by atoms with Crippen molar-refractivity contribution in [3.63, 3.8) is 0 Å². The first kappa shape index (κ1) is 21.6. The van der Waals surface area contributed by atoms with Crippen molar-refractivity contribution in [3.8, 4) is 0 Å². The second-order valence-corrected chi connectivity index (χ2v) is 10.2. The number of piperidine rings is 1. The van der Waals surface area contributed by atoms with E-state index in [-0.39, 0.29) is 28.9 Å². The Morgan fingerprint density at radius 1 is 1.13 bits per heavy atom. The lowest BCUT2D eigenvalue weighted by Crippen LogP contribution is -2.47. The Balaban J connectivity index is 1.25. The fraction of sp³-hybridized carbons (Fsp3) is 0.667. The van der Waals surface area contributed by atoms with Crippen LogP contribution in [0.4, 0.5) is 0 Å². The number of carbonyl (C=O) groups is 2. The van der Waals surface area contributed by atoms with E-state index in [1.807, 2.05) is 29.2 Å². The maximum absolute atomic E-state index is 12.9. The minimum Gasteiger partial charge on any atom is -0.370 e. The number of hydrogen-bond donors (Lipinski definition) is 1. The first-order chi connectivity index (χ1) is 14.3. The van der Waals surface area contributed by atoms with Gasteiger partial charge in [-0.15, -0.1) is 0 Å². The Labute approximate surface area is 184 Å². The molecule has 1 atom stereocenters. The Morgan fingerprint density at radius 3 is 2.40 bits per heavy atom. The molecule has 5 nitrogen and oxygen atoms in total. The first-order valence-electron chi connectivity index (χ1n) is 11.3. The number of amides is 2. The number of benzene rings is 1. The van der Waals surface area contributed by atoms with Crippen LogP contribution in [0.2, 0.25) is 5.02 Å². The highest BCUT2D eigenvalue weighted by Crippen LogP contribution is 2.48. The number of hydrogen-bond acceptors (Lipinski definition) is 3. The lowest BCUT2D eigenvalue weighted by atomic mass is 9.88. The molecule has 2 aliphatic heterocycles. The first-order valence-corrected chi connectivity index (χ1v) is 11.7. The van der Waals surface area contributed by atoms with Gasteiger partial charge in [0.1, 0.15) is 0 Å². The third-order valence-electron chi connectivity index (χ3n) is 7.02. The molecule has 1 aromatic carbocycles. The number of likely N-dealkylation sites (tertiary alicyclic amines) is 1. The van der Waals surface area contributed by atoms with Gasteiger partial charge in [-0.3, -0.25) is 9.59 Å². The van der Waals surface area contributed by atoms with Crippen molar-refractivity contribution in [1.29, 1.82) is 0 Å². The molecule has 3 aliphatic rings. The second-order valence-electron chi connectivity index (χ2n) is 9.74. The molecule has 6 heteroatoms. The van der Waals surface area contributed by atoms with Gasteiger partial charge in [-0.05, 0) is 62.1 Å². The largest absolute Gasteiger partial charge is 0.370 e. The number of ether oxygens (including phenoxy) is 1. The molecule has 1 aromatic rings. The van der Waals surface area contributed by atoms with Gasteiger partial charge < -0.3 is 15.0 Å². The minimum absolute atomic E-state index is 0.0629. The van der Waals surface area contributed by atoms with E-state index < -0.39 is 0 Å². The predicted octanol–water partition coefficient (Wildman–Crippen LogP) is 4.07. The van der Waals surface area contributed by atoms with Gasteiger partial charge in [-0.25, -0.2) is 0 Å². The van der Waals surface area contributed by atoms with Crippen molar-refractivity contribution in [2.24, 2.45) is 5.92 Å². The van der Waals surface area contributed by atoms with Crippen LogP contribution in [0.25, 0.3) is 0 Å². The third-order valence-corrected chi connectivity index (χ3v) is 7.27. The molecule has 2 amide bonds. The number of nitrogens with one attached hydrogen (secondary N) is 1. The molecular formula is C24H33ClN2O3. The lowest BCUT2D eigenvalue weighted by Gasteiger charge is -2.39. The molecule has 2 heterocycles. The van der Waals surface area contributed by atoms with E-state index in [0.717, 1.165) is 57.2 Å². The monoisotopic (exact) mass is 432 g/mol. The summed E-state index contributed by atoms with van der Waals surface area (Å²) in [5.41, 5.74) is 0.548. The van der Waals surface area contributed by atoms with E-state index in [4.69, 9.17) is 16.3 Å². The van der Waals surface area contributed by atoms with Gasteiger partial charge in [0, 0.05) is 31.1 Å². The molecule has 1 N–H and O–H groups in total. The molecule has 1 aliphatic carbocycles. The van der Waals surface area contributed by atoms with E-state index in [1.54, 1.807) is 0 Å². The number of nitrogens with zero attached hydrogens (tertiary/aromatic N) is 1. The van der Waals surface area contributed by atoms with E-state index in [0.29, 0.717) is 23.9 Å². The van der Waals surface area contributed by atoms with Crippen molar-refractivity contribution < 1.29 is 14.3 Å². The highest BCUT2D eigenvalue weighted by molar-refractivity contribution is 6.30. The van der Waals surface area contributed by atoms with E-state index in [9.17, 15) is 9.59 Å². The van der Waals surface area contributed by atoms with Crippen LogP contribution < -0.4 is 5.32 Å². The molecule has 0 aromatic heterocycles. The zero-order valence-electron chi connectivity index (χ0n) is 18.1. The molecule has 164 valence electrons. The van der Waals surface area contributed by atoms with Crippen LogP contribution in [0.5, 0.6) is 0 Å². The zero-order valence-corrected chi connectivity index (χ0v) is 18.8. The summed E-state index contributed by atoms with van der Waals surface area (Å²) in [5, 5.41) is 3.84. The molecule has 0 radical (unpaired) electrons. The fourth-order valence-electron chi connectivity index (χ4n) is 4.97. The van der Waals surface area contributed by atoms with E-state index in [2.05, 4.69) is 19.2 Å². The summed E-state index contributed by atoms with van der Waals surface area (Å²) in [4.78, 5) is 27.2. The average molecular weight is 433 g/mol. The van der Waals surface area contributed by atoms with Crippen LogP contribution >= 0.6 is 11.6 Å². The van der Waals surface area contributed by atoms with Gasteiger partial charge in [0.15, 0.2) is 0 Å². The molecular weight excluding hydrogens is 400 g/mol. The summed E-state index contributed by atoms with van der Waals surface area (Å²) < 4.78 is 6.43. The highest BCUT2D eigenvalue weighted by atomic mass is 35.5. The minimum atomic E-state index is -0.386. The van der Waals surface area contributed by atoms with Crippen LogP contribution in [0.3, 0.4) is 0 Å². The maximum atomic E-state index is 12.9. The zero-order chi connectivity index (χ0) is 21.4. The smallest absolute Gasteiger partial charge is 0.230 e. The summed E-state index contributed by atoms with van der Waals surface area (Å²) in [6, 6.07) is 7.63. The van der Waals surface area contributed by atoms with E-state index >= 15 is 0 Å². The Bertz CT molecular complexity index is 780. The lowest BCUT2D eigenvalue weighted by molar-refractivity contribution is -0.138. The van der Waals surface area contributed by atoms with Gasteiger partial charge in [-0.2, -0.15) is 0 Å². The summed E-state index contributed by atoms with van der Waals surface area (Å²) >= 11 is 5.99. The van der Waals surface area contributed by atoms with Crippen molar-refractivity contribution in [3.05, 3.63) is 34.9 Å². The molecule has 4 rings (SSSR count). The van der Waals surface area contributed by atoms with Gasteiger partial charge in [-0.1, -0.05) is 37.6 Å². The third kappa shape index (κ3) is 4.52. The number of rotatable bonds is 6. The van der Waals surface area contributed by atoms with Crippen LogP contribution in [0.15, 0.2) is 24.3 Å². The topological polar surface area (TPSA) is 58.6 Å². The summed E-state index contributed by atoms with van der Waals surface area (Å²) in [7, 11) is 0. The van der Waals surface area contributed by atoms with Crippen molar-refractivity contribution in [2.75, 3.05) is 19.6 Å². The molecule has 1 saturated carbocycles. The quantitative estimate of drug-likeness (QED) is 0.737. The van der Waals surface area contributed by atoms with Crippen molar-refractivity contribution in [2.45, 2.75) is 75.9 Å². The number of halogens is 1. The van der Waals surface area contributed by atoms with E-state index in [1.165, 1.54) is 0 Å². The standard InChI is InChI=1S/C24H33ClN2O3/c1-17(2)15-21(28)27-13-11-23(12-14-27)8-7-20(30-23)16-26-22(29)24(9-10-24)18-3-5-19(25)6-4-18/h3-6,17,20H,7-16H2,1-2H3,(H,26,29). The average Bonchev–Trinajstić information content (AvgIpc) is 3.44. The SMILES string of the molecule is CC(C)CC(=O)N1CCC2(CCC(CNC(=O)C3(c4ccc(Cl)cc4)CC3)O2)CC1. The van der Waals surface area contributed by atoms with Crippen LogP contribution in [0, 0.1) is 5.92 Å². The fourth-order valence-corrected chi connectivity index (χ4v) is 5.09. The Kier molecular flexibility index (Phi) is 6.13. The van der Waals surface area contributed by atoms with Gasteiger partial charge >= 0.3 is 0 Å². The highest BCUT2D eigenvalue weighted by Gasteiger charge is 2.51. The molecule has 30 heavy (non-hydrogen) atoms. The summed E-state index contributed by atoms with van der Waals surface area (Å²) in [6.45, 7) is 6.29. The predicted molar refractivity (Wildman–Crippen MR) is 117 cm³/mol. The van der Waals surface area contributed by atoms with Crippen molar-refractivity contribution >= 4 is 23.4 Å². The molecule has 1 spiro atoms. The summed E-state index contributed by atoms with van der Waals surface area (Å²) in [6.07, 6.45) is 6.24. The van der Waals surface area contributed by atoms with Gasteiger partial charge in [0.2, 0.25) is 11.8 Å². The second kappa shape index (κ2) is 8.51. The van der Waals surface area contributed by atoms with Crippen LogP contribution in [-0.2, 0) is 19.7 Å². The number of carbonyl (C=O) groups excluding carboxylic acids is 2. The molecule has 1 unspecified atom stereocenters. The summed E-state index contributed by atoms with van der Waals surface area (Å²) in [5.74, 6) is 0.758. The van der Waals surface area contributed by atoms with Gasteiger partial charge in [0.05, 0.1) is 17.1 Å². The Hall–Kier alpha value is -1.59. The Morgan fingerprint density at radius 2 is 1.80 bits per heavy atom. The maximum Gasteiger partial charge on any atom is 0.230 e. The molecule has 0 bridgehead atoms. The van der Waals surface area contributed by atoms with Gasteiger partial charge in [0.25, 0.3) is 0 Å². The van der Waals surface area contributed by atoms with Crippen LogP contribution in [-0.4, -0.2) is 48.1 Å². The molecule has 2 saturated heterocycles. The van der Waals surface area contributed by atoms with Crippen molar-refractivity contribution in [1.82, 2.24) is 10.2 Å². The van der Waals surface area contributed by atoms with Crippen LogP contribution in [0.1, 0.15) is 64.4 Å². The normalized spacial score (nSPS) is 24.3.